The third-order valence-electron chi connectivity index (χ3n) is 4.96. The van der Waals surface area contributed by atoms with E-state index in [1.165, 1.54) is 12.1 Å². The summed E-state index contributed by atoms with van der Waals surface area (Å²) < 4.78 is 1.94. The van der Waals surface area contributed by atoms with Gasteiger partial charge in [0.15, 0.2) is 0 Å². The van der Waals surface area contributed by atoms with Crippen LogP contribution in [0.1, 0.15) is 34.5 Å². The van der Waals surface area contributed by atoms with Gasteiger partial charge >= 0.3 is 0 Å². The van der Waals surface area contributed by atoms with Gasteiger partial charge in [0.2, 0.25) is 0 Å². The van der Waals surface area contributed by atoms with Crippen LogP contribution in [0.3, 0.4) is 0 Å². The molecule has 0 radical (unpaired) electrons. The number of hydrazone groups is 1. The normalized spacial score (nSPS) is 13.9. The van der Waals surface area contributed by atoms with Crippen LogP contribution < -0.4 is 10.3 Å². The highest BCUT2D eigenvalue weighted by molar-refractivity contribution is 5.96. The van der Waals surface area contributed by atoms with Gasteiger partial charge in [0.05, 0.1) is 23.2 Å². The van der Waals surface area contributed by atoms with Crippen molar-refractivity contribution in [2.75, 3.05) is 18.0 Å². The van der Waals surface area contributed by atoms with Gasteiger partial charge in [-0.25, -0.2) is 10.1 Å². The molecule has 0 atom stereocenters. The van der Waals surface area contributed by atoms with Gasteiger partial charge in [-0.3, -0.25) is 4.79 Å². The average Bonchev–Trinajstić information content (AvgIpc) is 3.37. The Kier molecular flexibility index (Phi) is 5.29. The van der Waals surface area contributed by atoms with Crippen LogP contribution in [0.4, 0.5) is 5.82 Å². The SMILES string of the molecule is Cc1nn(-c2ccccc2)c(N2CCCC2)c1C=NNC(=O)c1cccc(O)c1. The second kappa shape index (κ2) is 8.18. The number of nitrogens with one attached hydrogen (secondary N) is 1. The van der Waals surface area contributed by atoms with E-state index < -0.39 is 0 Å². The van der Waals surface area contributed by atoms with Gasteiger partial charge in [-0.1, -0.05) is 24.3 Å². The van der Waals surface area contributed by atoms with Gasteiger partial charge in [-0.15, -0.1) is 0 Å². The number of aromatic nitrogens is 2. The third-order valence-corrected chi connectivity index (χ3v) is 4.96. The predicted octanol–water partition coefficient (Wildman–Crippen LogP) is 3.25. The maximum Gasteiger partial charge on any atom is 0.271 e. The molecule has 1 amide bonds. The topological polar surface area (TPSA) is 82.8 Å². The van der Waals surface area contributed by atoms with Gasteiger partial charge in [-0.2, -0.15) is 10.2 Å². The predicted molar refractivity (Wildman–Crippen MR) is 113 cm³/mol. The largest absolute Gasteiger partial charge is 0.508 e. The molecule has 7 nitrogen and oxygen atoms in total. The van der Waals surface area contributed by atoms with E-state index in [2.05, 4.69) is 15.4 Å². The lowest BCUT2D eigenvalue weighted by Crippen LogP contribution is -2.23. The minimum Gasteiger partial charge on any atom is -0.508 e. The zero-order valence-corrected chi connectivity index (χ0v) is 16.2. The number of aromatic hydroxyl groups is 1. The Balaban J connectivity index is 1.63. The second-order valence-electron chi connectivity index (χ2n) is 7.01. The minimum absolute atomic E-state index is 0.0398. The Hall–Kier alpha value is -3.61. The van der Waals surface area contributed by atoms with Crippen molar-refractivity contribution in [3.8, 4) is 11.4 Å². The molecule has 2 heterocycles. The second-order valence-corrected chi connectivity index (χ2v) is 7.01. The maximum absolute atomic E-state index is 12.3. The fourth-order valence-electron chi connectivity index (χ4n) is 3.53. The van der Waals surface area contributed by atoms with E-state index in [9.17, 15) is 9.90 Å². The molecule has 4 rings (SSSR count). The average molecular weight is 389 g/mol. The lowest BCUT2D eigenvalue weighted by molar-refractivity contribution is 0.0954. The number of carbonyl (C=O) groups excluding carboxylic acids is 1. The Morgan fingerprint density at radius 3 is 2.62 bits per heavy atom. The number of nitrogens with zero attached hydrogens (tertiary/aromatic N) is 4. The molecule has 29 heavy (non-hydrogen) atoms. The Bertz CT molecular complexity index is 1040. The van der Waals surface area contributed by atoms with Crippen molar-refractivity contribution >= 4 is 17.9 Å². The highest BCUT2D eigenvalue weighted by atomic mass is 16.3. The lowest BCUT2D eigenvalue weighted by atomic mass is 10.2. The molecule has 0 bridgehead atoms. The van der Waals surface area contributed by atoms with Crippen LogP contribution in [0.25, 0.3) is 5.69 Å². The van der Waals surface area contributed by atoms with Gasteiger partial charge in [-0.05, 0) is 50.1 Å². The molecule has 0 aliphatic carbocycles. The third kappa shape index (κ3) is 3.99. The molecule has 1 aliphatic heterocycles. The number of aryl methyl sites for hydroxylation is 1. The van der Waals surface area contributed by atoms with E-state index in [0.717, 1.165) is 48.7 Å². The van der Waals surface area contributed by atoms with Crippen molar-refractivity contribution in [3.63, 3.8) is 0 Å². The van der Waals surface area contributed by atoms with E-state index in [0.29, 0.717) is 5.56 Å². The number of hydrogen-bond donors (Lipinski definition) is 2. The molecule has 7 heteroatoms. The van der Waals surface area contributed by atoms with Crippen LogP contribution in [0, 0.1) is 6.92 Å². The summed E-state index contributed by atoms with van der Waals surface area (Å²) in [6.45, 7) is 3.88. The highest BCUT2D eigenvalue weighted by Crippen LogP contribution is 2.28. The fourth-order valence-corrected chi connectivity index (χ4v) is 3.53. The molecule has 148 valence electrons. The standard InChI is InChI=1S/C22H23N5O2/c1-16-20(15-23-24-21(29)17-8-7-11-19(28)14-17)22(26-12-5-6-13-26)27(25-16)18-9-3-2-4-10-18/h2-4,7-11,14-15,28H,5-6,12-13H2,1H3,(H,24,29). The van der Waals surface area contributed by atoms with Crippen LogP contribution in [-0.4, -0.2) is 40.1 Å². The zero-order valence-electron chi connectivity index (χ0n) is 16.2. The molecule has 3 aromatic rings. The highest BCUT2D eigenvalue weighted by Gasteiger charge is 2.23. The number of para-hydroxylation sites is 1. The van der Waals surface area contributed by atoms with E-state index in [1.54, 1.807) is 18.3 Å². The summed E-state index contributed by atoms with van der Waals surface area (Å²) in [7, 11) is 0. The summed E-state index contributed by atoms with van der Waals surface area (Å²) in [6.07, 6.45) is 3.93. The minimum atomic E-state index is -0.382. The molecule has 0 unspecified atom stereocenters. The van der Waals surface area contributed by atoms with Crippen molar-refractivity contribution in [1.29, 1.82) is 0 Å². The van der Waals surface area contributed by atoms with E-state index in [4.69, 9.17) is 5.10 Å². The molecule has 1 aliphatic rings. The summed E-state index contributed by atoms with van der Waals surface area (Å²) >= 11 is 0. The molecule has 1 fully saturated rings. The summed E-state index contributed by atoms with van der Waals surface area (Å²) in [5, 5.41) is 18.4. The molecule has 0 saturated carbocycles. The summed E-state index contributed by atoms with van der Waals surface area (Å²) in [5.74, 6) is 0.646. The smallest absolute Gasteiger partial charge is 0.271 e. The number of benzene rings is 2. The number of rotatable bonds is 5. The van der Waals surface area contributed by atoms with Crippen LogP contribution >= 0.6 is 0 Å². The van der Waals surface area contributed by atoms with Crippen LogP contribution in [-0.2, 0) is 0 Å². The number of carbonyl (C=O) groups is 1. The van der Waals surface area contributed by atoms with Crippen molar-refractivity contribution in [1.82, 2.24) is 15.2 Å². The first kappa shape index (κ1) is 18.7. The number of phenolic OH excluding ortho intramolecular Hbond substituents is 1. The lowest BCUT2D eigenvalue weighted by Gasteiger charge is -2.20. The van der Waals surface area contributed by atoms with Gasteiger partial charge < -0.3 is 10.0 Å². The molecule has 2 aromatic carbocycles. The molecular formula is C22H23N5O2. The van der Waals surface area contributed by atoms with Crippen LogP contribution in [0.5, 0.6) is 5.75 Å². The van der Waals surface area contributed by atoms with E-state index in [-0.39, 0.29) is 11.7 Å². The number of amides is 1. The van der Waals surface area contributed by atoms with Gasteiger partial charge in [0, 0.05) is 18.7 Å². The van der Waals surface area contributed by atoms with Crippen LogP contribution in [0.15, 0.2) is 59.7 Å². The number of phenols is 1. The van der Waals surface area contributed by atoms with Gasteiger partial charge in [0.25, 0.3) is 5.91 Å². The van der Waals surface area contributed by atoms with E-state index in [1.807, 2.05) is 41.9 Å². The number of anilines is 1. The zero-order chi connectivity index (χ0) is 20.2. The number of hydrogen-bond acceptors (Lipinski definition) is 5. The van der Waals surface area contributed by atoms with E-state index >= 15 is 0 Å². The van der Waals surface area contributed by atoms with Gasteiger partial charge in [0.1, 0.15) is 11.6 Å². The van der Waals surface area contributed by atoms with Crippen molar-refractivity contribution in [3.05, 3.63) is 71.4 Å². The summed E-state index contributed by atoms with van der Waals surface area (Å²) in [5.41, 5.74) is 5.59. The molecular weight excluding hydrogens is 366 g/mol. The monoisotopic (exact) mass is 389 g/mol. The maximum atomic E-state index is 12.3. The molecule has 2 N–H and O–H groups in total. The van der Waals surface area contributed by atoms with Crippen LogP contribution in [0.2, 0.25) is 0 Å². The first-order valence-corrected chi connectivity index (χ1v) is 9.66. The quantitative estimate of drug-likeness (QED) is 0.518. The first-order chi connectivity index (χ1) is 14.1. The Morgan fingerprint density at radius 2 is 1.90 bits per heavy atom. The Morgan fingerprint density at radius 1 is 1.14 bits per heavy atom. The molecule has 0 spiro atoms. The Labute approximate surface area is 169 Å². The molecule has 1 saturated heterocycles. The summed E-state index contributed by atoms with van der Waals surface area (Å²) in [4.78, 5) is 14.6. The summed E-state index contributed by atoms with van der Waals surface area (Å²) in [6, 6.07) is 16.2. The first-order valence-electron chi connectivity index (χ1n) is 9.66. The van der Waals surface area contributed by atoms with Crippen molar-refractivity contribution in [2.45, 2.75) is 19.8 Å². The van der Waals surface area contributed by atoms with Crippen molar-refractivity contribution < 1.29 is 9.90 Å². The molecule has 1 aromatic heterocycles. The fraction of sp³-hybridized carbons (Fsp3) is 0.227. The van der Waals surface area contributed by atoms with Crippen molar-refractivity contribution in [2.24, 2.45) is 5.10 Å².